The highest BCUT2D eigenvalue weighted by atomic mass is 16.5. The molecule has 1 atom stereocenters. The summed E-state index contributed by atoms with van der Waals surface area (Å²) >= 11 is 0. The molecule has 0 fully saturated rings. The second kappa shape index (κ2) is 7.99. The van der Waals surface area contributed by atoms with Gasteiger partial charge in [0, 0.05) is 34.1 Å². The van der Waals surface area contributed by atoms with Crippen molar-refractivity contribution in [1.29, 1.82) is 0 Å². The van der Waals surface area contributed by atoms with Gasteiger partial charge in [-0.1, -0.05) is 48.5 Å². The number of ether oxygens (including phenoxy) is 1. The molecule has 0 radical (unpaired) electrons. The zero-order chi connectivity index (χ0) is 19.4. The van der Waals surface area contributed by atoms with Crippen molar-refractivity contribution in [3.63, 3.8) is 0 Å². The Bertz CT molecular complexity index is 988. The van der Waals surface area contributed by atoms with Crippen molar-refractivity contribution in [3.8, 4) is 0 Å². The summed E-state index contributed by atoms with van der Waals surface area (Å²) in [5.74, 6) is -0.940. The number of hydrogen-bond donors (Lipinski definition) is 1. The number of aryl methyl sites for hydroxylation is 1. The summed E-state index contributed by atoms with van der Waals surface area (Å²) in [4.78, 5) is 40.1. The molecule has 0 saturated heterocycles. The van der Waals surface area contributed by atoms with E-state index in [0.29, 0.717) is 11.1 Å². The highest BCUT2D eigenvalue weighted by molar-refractivity contribution is 6.11. The zero-order valence-corrected chi connectivity index (χ0v) is 15.3. The predicted molar refractivity (Wildman–Crippen MR) is 103 cm³/mol. The molecular formula is C22H21NO4. The lowest BCUT2D eigenvalue weighted by Crippen LogP contribution is -2.25. The van der Waals surface area contributed by atoms with Gasteiger partial charge >= 0.3 is 5.97 Å². The predicted octanol–water partition coefficient (Wildman–Crippen LogP) is 4.25. The molecule has 0 aliphatic carbocycles. The van der Waals surface area contributed by atoms with Crippen LogP contribution in [0.5, 0.6) is 0 Å². The molecule has 3 rings (SSSR count). The maximum atomic E-state index is 12.8. The molecular weight excluding hydrogens is 342 g/mol. The van der Waals surface area contributed by atoms with Crippen LogP contribution >= 0.6 is 0 Å². The Morgan fingerprint density at radius 3 is 2.37 bits per heavy atom. The number of para-hydroxylation sites is 1. The third kappa shape index (κ3) is 4.14. The fourth-order valence-electron chi connectivity index (χ4n) is 3.09. The fourth-order valence-corrected chi connectivity index (χ4v) is 3.09. The van der Waals surface area contributed by atoms with Gasteiger partial charge < -0.3 is 9.72 Å². The van der Waals surface area contributed by atoms with Crippen LogP contribution in [-0.2, 0) is 9.53 Å². The first-order valence-electron chi connectivity index (χ1n) is 8.86. The number of aromatic amines is 1. The van der Waals surface area contributed by atoms with Crippen LogP contribution in [0.25, 0.3) is 10.9 Å². The first kappa shape index (κ1) is 18.6. The van der Waals surface area contributed by atoms with Gasteiger partial charge in [-0.15, -0.1) is 0 Å². The van der Waals surface area contributed by atoms with Crippen LogP contribution in [0.1, 0.15) is 46.2 Å². The van der Waals surface area contributed by atoms with E-state index >= 15 is 0 Å². The number of hydrogen-bond acceptors (Lipinski definition) is 4. The fraction of sp³-hybridized carbons (Fsp3) is 0.227. The normalized spacial score (nSPS) is 11.9. The third-order valence-corrected chi connectivity index (χ3v) is 4.47. The number of carbonyl (C=O) groups excluding carboxylic acids is 3. The standard InChI is InChI=1S/C22H21NO4/c1-14-21(17-10-6-7-11-18(17)23-14)22(26)15(2)27-20(25)13-12-19(24)16-8-4-3-5-9-16/h3-11,15,23H,12-13H2,1-2H3/t15-/m1/s1. The molecule has 0 amide bonds. The molecule has 2 aromatic carbocycles. The Hall–Kier alpha value is -3.21. The molecule has 5 nitrogen and oxygen atoms in total. The van der Waals surface area contributed by atoms with Crippen molar-refractivity contribution in [1.82, 2.24) is 4.98 Å². The smallest absolute Gasteiger partial charge is 0.306 e. The molecule has 1 heterocycles. The van der Waals surface area contributed by atoms with Gasteiger partial charge in [0.05, 0.1) is 6.42 Å². The third-order valence-electron chi connectivity index (χ3n) is 4.47. The minimum Gasteiger partial charge on any atom is -0.454 e. The van der Waals surface area contributed by atoms with Crippen LogP contribution in [0, 0.1) is 6.92 Å². The molecule has 27 heavy (non-hydrogen) atoms. The number of aromatic nitrogens is 1. The molecule has 1 aromatic heterocycles. The summed E-state index contributed by atoms with van der Waals surface area (Å²) in [6, 6.07) is 16.3. The van der Waals surface area contributed by atoms with E-state index in [2.05, 4.69) is 4.98 Å². The average Bonchev–Trinajstić information content (AvgIpc) is 3.01. The Labute approximate surface area is 157 Å². The first-order valence-corrected chi connectivity index (χ1v) is 8.86. The van der Waals surface area contributed by atoms with Crippen LogP contribution in [0.4, 0.5) is 0 Å². The van der Waals surface area contributed by atoms with E-state index in [9.17, 15) is 14.4 Å². The minimum atomic E-state index is -0.915. The van der Waals surface area contributed by atoms with Gasteiger partial charge in [0.25, 0.3) is 0 Å². The number of rotatable bonds is 7. The second-order valence-corrected chi connectivity index (χ2v) is 6.46. The Balaban J connectivity index is 1.61. The number of Topliss-reactive ketones (excluding diaryl/α,β-unsaturated/α-hetero) is 2. The number of esters is 1. The van der Waals surface area contributed by atoms with Gasteiger partial charge in [-0.05, 0) is 19.9 Å². The number of ketones is 2. The molecule has 0 unspecified atom stereocenters. The van der Waals surface area contributed by atoms with E-state index in [1.54, 1.807) is 31.2 Å². The lowest BCUT2D eigenvalue weighted by Gasteiger charge is -2.12. The Morgan fingerprint density at radius 1 is 0.963 bits per heavy atom. The van der Waals surface area contributed by atoms with Crippen molar-refractivity contribution < 1.29 is 19.1 Å². The monoisotopic (exact) mass is 363 g/mol. The Kier molecular flexibility index (Phi) is 5.50. The molecule has 3 aromatic rings. The second-order valence-electron chi connectivity index (χ2n) is 6.46. The van der Waals surface area contributed by atoms with Crippen LogP contribution < -0.4 is 0 Å². The highest BCUT2D eigenvalue weighted by Gasteiger charge is 2.24. The van der Waals surface area contributed by atoms with Crippen LogP contribution in [-0.4, -0.2) is 28.6 Å². The maximum Gasteiger partial charge on any atom is 0.306 e. The van der Waals surface area contributed by atoms with E-state index in [4.69, 9.17) is 4.74 Å². The quantitative estimate of drug-likeness (QED) is 0.503. The number of benzene rings is 2. The molecule has 138 valence electrons. The van der Waals surface area contributed by atoms with E-state index < -0.39 is 12.1 Å². The molecule has 0 spiro atoms. The van der Waals surface area contributed by atoms with Crippen molar-refractivity contribution in [2.75, 3.05) is 0 Å². The summed E-state index contributed by atoms with van der Waals surface area (Å²) in [6.07, 6.45) is -0.920. The zero-order valence-electron chi connectivity index (χ0n) is 15.3. The number of nitrogens with one attached hydrogen (secondary N) is 1. The van der Waals surface area contributed by atoms with Crippen molar-refractivity contribution >= 4 is 28.4 Å². The van der Waals surface area contributed by atoms with Crippen molar-refractivity contribution in [3.05, 3.63) is 71.4 Å². The topological polar surface area (TPSA) is 76.2 Å². The molecule has 0 aliphatic rings. The van der Waals surface area contributed by atoms with E-state index in [1.807, 2.05) is 37.3 Å². The number of fused-ring (bicyclic) bond motifs is 1. The van der Waals surface area contributed by atoms with Crippen LogP contribution in [0.3, 0.4) is 0 Å². The SMILES string of the molecule is Cc1[nH]c2ccccc2c1C(=O)[C@@H](C)OC(=O)CCC(=O)c1ccccc1. The van der Waals surface area contributed by atoms with Gasteiger partial charge in [0.1, 0.15) is 0 Å². The van der Waals surface area contributed by atoms with Gasteiger partial charge in [-0.2, -0.15) is 0 Å². The summed E-state index contributed by atoms with van der Waals surface area (Å²) in [6.45, 7) is 3.38. The van der Waals surface area contributed by atoms with E-state index in [-0.39, 0.29) is 24.4 Å². The summed E-state index contributed by atoms with van der Waals surface area (Å²) in [5.41, 5.74) is 2.70. The van der Waals surface area contributed by atoms with E-state index in [0.717, 1.165) is 16.6 Å². The maximum absolute atomic E-state index is 12.8. The average molecular weight is 363 g/mol. The number of H-pyrrole nitrogens is 1. The molecule has 5 heteroatoms. The highest BCUT2D eigenvalue weighted by Crippen LogP contribution is 2.24. The van der Waals surface area contributed by atoms with Crippen LogP contribution in [0.15, 0.2) is 54.6 Å². The van der Waals surface area contributed by atoms with Gasteiger partial charge in [-0.3, -0.25) is 14.4 Å². The summed E-state index contributed by atoms with van der Waals surface area (Å²) < 4.78 is 5.27. The van der Waals surface area contributed by atoms with Gasteiger partial charge in [0.2, 0.25) is 5.78 Å². The minimum absolute atomic E-state index is 0.0515. The lowest BCUT2D eigenvalue weighted by atomic mass is 10.0. The van der Waals surface area contributed by atoms with Gasteiger partial charge in [-0.25, -0.2) is 0 Å². The van der Waals surface area contributed by atoms with Crippen molar-refractivity contribution in [2.45, 2.75) is 32.8 Å². The van der Waals surface area contributed by atoms with Crippen LogP contribution in [0.2, 0.25) is 0 Å². The Morgan fingerprint density at radius 2 is 1.63 bits per heavy atom. The molecule has 1 N–H and O–H groups in total. The summed E-state index contributed by atoms with van der Waals surface area (Å²) in [7, 11) is 0. The molecule has 0 aliphatic heterocycles. The first-order chi connectivity index (χ1) is 13.0. The molecule has 0 saturated carbocycles. The lowest BCUT2D eigenvalue weighted by molar-refractivity contribution is -0.146. The number of carbonyl (C=O) groups is 3. The van der Waals surface area contributed by atoms with Gasteiger partial charge in [0.15, 0.2) is 11.9 Å². The van der Waals surface area contributed by atoms with Crippen molar-refractivity contribution in [2.24, 2.45) is 0 Å². The molecule has 0 bridgehead atoms. The summed E-state index contributed by atoms with van der Waals surface area (Å²) in [5, 5.41) is 0.808. The largest absolute Gasteiger partial charge is 0.454 e. The van der Waals surface area contributed by atoms with E-state index in [1.165, 1.54) is 0 Å².